The van der Waals surface area contributed by atoms with Gasteiger partial charge in [0.05, 0.1) is 5.69 Å². The molecule has 1 fully saturated rings. The van der Waals surface area contributed by atoms with Crippen LogP contribution in [0, 0.1) is 12.7 Å². The zero-order valence-corrected chi connectivity index (χ0v) is 19.1. The summed E-state index contributed by atoms with van der Waals surface area (Å²) in [6.07, 6.45) is 3.19. The molecule has 0 atom stereocenters. The summed E-state index contributed by atoms with van der Waals surface area (Å²) in [7, 11) is -4.11. The van der Waals surface area contributed by atoms with E-state index in [0.717, 1.165) is 43.2 Å². The number of aryl methyl sites for hydroxylation is 2. The lowest BCUT2D eigenvalue weighted by Crippen LogP contribution is -2.64. The third-order valence-corrected chi connectivity index (χ3v) is 7.60. The largest absolute Gasteiger partial charge is 0.386 e. The van der Waals surface area contributed by atoms with Gasteiger partial charge in [0.2, 0.25) is 0 Å². The fourth-order valence-electron chi connectivity index (χ4n) is 3.14. The van der Waals surface area contributed by atoms with E-state index in [1.807, 2.05) is 0 Å². The minimum Gasteiger partial charge on any atom is -0.386 e. The van der Waals surface area contributed by atoms with Crippen molar-refractivity contribution in [3.8, 4) is 0 Å². The quantitative estimate of drug-likeness (QED) is 0.372. The van der Waals surface area contributed by atoms with Crippen molar-refractivity contribution in [2.24, 2.45) is 0 Å². The van der Waals surface area contributed by atoms with Crippen LogP contribution in [0.5, 0.6) is 0 Å². The maximum absolute atomic E-state index is 14.5. The highest BCUT2D eigenvalue weighted by Crippen LogP contribution is 2.28. The predicted molar refractivity (Wildman–Crippen MR) is 117 cm³/mol. The summed E-state index contributed by atoms with van der Waals surface area (Å²) >= 11 is 7.36. The van der Waals surface area contributed by atoms with Crippen molar-refractivity contribution in [2.45, 2.75) is 43.1 Å². The van der Waals surface area contributed by atoms with Gasteiger partial charge in [0.25, 0.3) is 10.0 Å². The summed E-state index contributed by atoms with van der Waals surface area (Å²) in [6.45, 7) is 4.35. The number of rotatable bonds is 11. The van der Waals surface area contributed by atoms with E-state index in [-0.39, 0.29) is 10.2 Å². The Morgan fingerprint density at radius 2 is 2.10 bits per heavy atom. The molecule has 0 saturated carbocycles. The first kappa shape index (κ1) is 23.4. The zero-order valence-electron chi connectivity index (χ0n) is 16.7. The van der Waals surface area contributed by atoms with Gasteiger partial charge in [0, 0.05) is 30.0 Å². The van der Waals surface area contributed by atoms with E-state index in [2.05, 4.69) is 20.3 Å². The summed E-state index contributed by atoms with van der Waals surface area (Å²) in [4.78, 5) is 3.55. The maximum atomic E-state index is 14.5. The van der Waals surface area contributed by atoms with E-state index >= 15 is 0 Å². The van der Waals surface area contributed by atoms with Crippen molar-refractivity contribution < 1.29 is 17.9 Å². The van der Waals surface area contributed by atoms with Crippen molar-refractivity contribution in [2.75, 3.05) is 30.9 Å². The monoisotopic (exact) mass is 476 g/mol. The highest BCUT2D eigenvalue weighted by atomic mass is 35.5. The van der Waals surface area contributed by atoms with Gasteiger partial charge in [-0.2, -0.15) is 0 Å². The summed E-state index contributed by atoms with van der Waals surface area (Å²) in [5.41, 5.74) is 0.638. The Balaban J connectivity index is 1.49. The number of hydrogen-bond donors (Lipinski definition) is 4. The number of hydrogen-bond acceptors (Lipinski definition) is 7. The van der Waals surface area contributed by atoms with Crippen LogP contribution in [-0.4, -0.2) is 50.3 Å². The zero-order chi connectivity index (χ0) is 21.8. The number of nitrogens with one attached hydrogen (secondary N) is 3. The van der Waals surface area contributed by atoms with E-state index in [1.54, 1.807) is 12.3 Å². The van der Waals surface area contributed by atoms with Crippen LogP contribution >= 0.6 is 22.9 Å². The molecular weight excluding hydrogens is 451 g/mol. The minimum atomic E-state index is -4.11. The van der Waals surface area contributed by atoms with Gasteiger partial charge >= 0.3 is 0 Å². The van der Waals surface area contributed by atoms with Crippen LogP contribution in [0.2, 0.25) is 5.02 Å². The van der Waals surface area contributed by atoms with E-state index in [0.29, 0.717) is 37.3 Å². The standard InChI is InChI=1S/C19H26ClFN4O3S2/c1-13-9-29-18(24-13)25-30(27,28)17-8-15(20)14(7-16(17)21)5-3-2-4-6-22-10-19(26)11-23-12-19/h7-9,22-23,26H,2-6,10-12H2,1H3,(H,24,25). The molecule has 0 spiro atoms. The first-order valence-electron chi connectivity index (χ1n) is 9.75. The highest BCUT2D eigenvalue weighted by Gasteiger charge is 2.33. The van der Waals surface area contributed by atoms with Gasteiger partial charge in [-0.1, -0.05) is 18.0 Å². The highest BCUT2D eigenvalue weighted by molar-refractivity contribution is 7.93. The second kappa shape index (κ2) is 9.88. The molecule has 3 rings (SSSR count). The number of aromatic nitrogens is 1. The first-order valence-corrected chi connectivity index (χ1v) is 12.5. The topological polar surface area (TPSA) is 103 Å². The SMILES string of the molecule is Cc1csc(NS(=O)(=O)c2cc(Cl)c(CCCCCNCC3(O)CNC3)cc2F)n1. The lowest BCUT2D eigenvalue weighted by molar-refractivity contribution is -0.00823. The Morgan fingerprint density at radius 1 is 1.33 bits per heavy atom. The van der Waals surface area contributed by atoms with Gasteiger partial charge in [-0.3, -0.25) is 4.72 Å². The van der Waals surface area contributed by atoms with Gasteiger partial charge < -0.3 is 15.7 Å². The van der Waals surface area contributed by atoms with Gasteiger partial charge in [-0.15, -0.1) is 11.3 Å². The molecular formula is C19H26ClFN4O3S2. The molecule has 0 bridgehead atoms. The molecule has 2 heterocycles. The Bertz CT molecular complexity index is 980. The molecule has 11 heteroatoms. The fraction of sp³-hybridized carbons (Fsp3) is 0.526. The molecule has 2 aromatic rings. The summed E-state index contributed by atoms with van der Waals surface area (Å²) < 4.78 is 41.8. The summed E-state index contributed by atoms with van der Waals surface area (Å²) in [6, 6.07) is 2.35. The lowest BCUT2D eigenvalue weighted by Gasteiger charge is -2.37. The fourth-order valence-corrected chi connectivity index (χ4v) is 5.49. The van der Waals surface area contributed by atoms with E-state index < -0.39 is 26.3 Å². The molecule has 1 aromatic heterocycles. The third kappa shape index (κ3) is 6.12. The van der Waals surface area contributed by atoms with Crippen LogP contribution in [0.3, 0.4) is 0 Å². The molecule has 1 aromatic carbocycles. The number of β-amino-alcohol motifs (C(OH)–C–C–N with tert-alkyl or cyclic N) is 1. The normalized spacial score (nSPS) is 15.7. The van der Waals surface area contributed by atoms with E-state index in [1.165, 1.54) is 6.07 Å². The van der Waals surface area contributed by atoms with Crippen molar-refractivity contribution in [3.05, 3.63) is 39.6 Å². The molecule has 0 aliphatic carbocycles. The van der Waals surface area contributed by atoms with Gasteiger partial charge in [0.15, 0.2) is 5.13 Å². The number of sulfonamides is 1. The number of unbranched alkanes of at least 4 members (excludes halogenated alkanes) is 2. The minimum absolute atomic E-state index is 0.182. The molecule has 0 unspecified atom stereocenters. The predicted octanol–water partition coefficient (Wildman–Crippen LogP) is 2.68. The second-order valence-corrected chi connectivity index (χ2v) is 10.5. The van der Waals surface area contributed by atoms with Crippen LogP contribution in [0.15, 0.2) is 22.4 Å². The lowest BCUT2D eigenvalue weighted by atomic mass is 9.97. The molecule has 0 radical (unpaired) electrons. The smallest absolute Gasteiger partial charge is 0.266 e. The van der Waals surface area contributed by atoms with Crippen LogP contribution in [-0.2, 0) is 16.4 Å². The van der Waals surface area contributed by atoms with Crippen LogP contribution in [0.1, 0.15) is 30.5 Å². The van der Waals surface area contributed by atoms with E-state index in [9.17, 15) is 17.9 Å². The molecule has 0 amide bonds. The van der Waals surface area contributed by atoms with Crippen molar-refractivity contribution in [1.82, 2.24) is 15.6 Å². The molecule has 1 aliphatic rings. The molecule has 30 heavy (non-hydrogen) atoms. The molecule has 4 N–H and O–H groups in total. The third-order valence-electron chi connectivity index (χ3n) is 4.89. The number of benzene rings is 1. The second-order valence-electron chi connectivity index (χ2n) is 7.59. The van der Waals surface area contributed by atoms with E-state index in [4.69, 9.17) is 11.6 Å². The van der Waals surface area contributed by atoms with Crippen molar-refractivity contribution in [1.29, 1.82) is 0 Å². The van der Waals surface area contributed by atoms with Crippen LogP contribution < -0.4 is 15.4 Å². The van der Waals surface area contributed by atoms with Crippen LogP contribution in [0.4, 0.5) is 9.52 Å². The average Bonchev–Trinajstić information content (AvgIpc) is 3.05. The number of thiazole rings is 1. The molecule has 1 saturated heterocycles. The van der Waals surface area contributed by atoms with Gasteiger partial charge in [0.1, 0.15) is 16.3 Å². The Hall–Kier alpha value is -1.30. The maximum Gasteiger partial charge on any atom is 0.266 e. The number of anilines is 1. The average molecular weight is 477 g/mol. The number of halogens is 2. The van der Waals surface area contributed by atoms with Gasteiger partial charge in [-0.25, -0.2) is 17.8 Å². The summed E-state index contributed by atoms with van der Waals surface area (Å²) in [5, 5.41) is 18.3. The van der Waals surface area contributed by atoms with Crippen LogP contribution in [0.25, 0.3) is 0 Å². The molecule has 1 aliphatic heterocycles. The molecule has 7 nitrogen and oxygen atoms in total. The Labute approximate surface area is 185 Å². The number of aliphatic hydroxyl groups is 1. The van der Waals surface area contributed by atoms with Crippen molar-refractivity contribution >= 4 is 38.1 Å². The summed E-state index contributed by atoms with van der Waals surface area (Å²) in [5.74, 6) is -0.834. The first-order chi connectivity index (χ1) is 14.2. The van der Waals surface area contributed by atoms with Gasteiger partial charge in [-0.05, 0) is 50.4 Å². The van der Waals surface area contributed by atoms with Crippen molar-refractivity contribution in [3.63, 3.8) is 0 Å². The number of nitrogens with zero attached hydrogens (tertiary/aromatic N) is 1. The molecule has 166 valence electrons. The Morgan fingerprint density at radius 3 is 2.73 bits per heavy atom. The Kier molecular flexibility index (Phi) is 7.70.